The summed E-state index contributed by atoms with van der Waals surface area (Å²) in [6.45, 7) is 2.62. The number of aromatic nitrogens is 1. The molecule has 0 unspecified atom stereocenters. The first kappa shape index (κ1) is 15.4. The Hall–Kier alpha value is -2.53. The number of benzene rings is 2. The number of hydrogen-bond acceptors (Lipinski definition) is 3. The van der Waals surface area contributed by atoms with Gasteiger partial charge >= 0.3 is 0 Å². The second-order valence-corrected chi connectivity index (χ2v) is 5.66. The maximum Gasteiger partial charge on any atom is 0.206 e. The molecule has 116 valence electrons. The van der Waals surface area contributed by atoms with Crippen LogP contribution >= 0.6 is 11.3 Å². The van der Waals surface area contributed by atoms with Crippen molar-refractivity contribution in [2.24, 2.45) is 10.1 Å². The Bertz CT molecular complexity index is 879. The standard InChI is InChI=1S/C18H16FN3S/c1-2-20-18-22(21-12-14-8-4-3-5-9-14)17(13-23-18)15-10-6-7-11-16(15)19/h3-13H,2H2,1H3/b20-18?,21-12-. The summed E-state index contributed by atoms with van der Waals surface area (Å²) in [5, 5.41) is 6.40. The summed E-state index contributed by atoms with van der Waals surface area (Å²) in [4.78, 5) is 5.19. The van der Waals surface area contributed by atoms with Gasteiger partial charge < -0.3 is 0 Å². The van der Waals surface area contributed by atoms with Crippen molar-refractivity contribution >= 4 is 17.6 Å². The molecule has 0 aliphatic heterocycles. The minimum atomic E-state index is -0.267. The van der Waals surface area contributed by atoms with Gasteiger partial charge in [0.05, 0.1) is 11.9 Å². The van der Waals surface area contributed by atoms with Crippen LogP contribution in [0.2, 0.25) is 0 Å². The summed E-state index contributed by atoms with van der Waals surface area (Å²) in [6.07, 6.45) is 1.76. The van der Waals surface area contributed by atoms with E-state index in [0.29, 0.717) is 17.8 Å². The van der Waals surface area contributed by atoms with Gasteiger partial charge in [-0.1, -0.05) is 42.5 Å². The fourth-order valence-electron chi connectivity index (χ4n) is 2.17. The smallest absolute Gasteiger partial charge is 0.206 e. The second kappa shape index (κ2) is 7.15. The first-order chi connectivity index (χ1) is 11.3. The maximum absolute atomic E-state index is 14.1. The van der Waals surface area contributed by atoms with Gasteiger partial charge in [-0.3, -0.25) is 4.99 Å². The van der Waals surface area contributed by atoms with E-state index in [1.165, 1.54) is 17.4 Å². The van der Waals surface area contributed by atoms with Crippen LogP contribution in [0.25, 0.3) is 11.3 Å². The Labute approximate surface area is 138 Å². The van der Waals surface area contributed by atoms with Gasteiger partial charge in [-0.15, -0.1) is 11.3 Å². The molecule has 3 nitrogen and oxygen atoms in total. The highest BCUT2D eigenvalue weighted by Gasteiger charge is 2.11. The SMILES string of the molecule is CCN=c1scc(-c2ccccc2F)n1/N=C\c1ccccc1. The average Bonchev–Trinajstić information content (AvgIpc) is 2.97. The van der Waals surface area contributed by atoms with Gasteiger partial charge in [-0.2, -0.15) is 5.10 Å². The van der Waals surface area contributed by atoms with E-state index in [4.69, 9.17) is 0 Å². The summed E-state index contributed by atoms with van der Waals surface area (Å²) in [5.74, 6) is -0.267. The molecule has 0 bridgehead atoms. The molecule has 0 spiro atoms. The average molecular weight is 325 g/mol. The summed E-state index contributed by atoms with van der Waals surface area (Å²) >= 11 is 1.46. The Morgan fingerprint density at radius 2 is 1.83 bits per heavy atom. The third kappa shape index (κ3) is 3.46. The molecule has 0 N–H and O–H groups in total. The highest BCUT2D eigenvalue weighted by Crippen LogP contribution is 2.23. The highest BCUT2D eigenvalue weighted by molar-refractivity contribution is 7.07. The van der Waals surface area contributed by atoms with E-state index in [0.717, 1.165) is 10.4 Å². The van der Waals surface area contributed by atoms with Crippen LogP contribution in [0.1, 0.15) is 12.5 Å². The van der Waals surface area contributed by atoms with Crippen molar-refractivity contribution in [3.8, 4) is 11.3 Å². The van der Waals surface area contributed by atoms with Crippen molar-refractivity contribution in [2.75, 3.05) is 6.54 Å². The molecule has 2 aromatic carbocycles. The topological polar surface area (TPSA) is 29.6 Å². The van der Waals surface area contributed by atoms with Crippen LogP contribution in [0.5, 0.6) is 0 Å². The molecule has 3 rings (SSSR count). The molecule has 0 aliphatic rings. The fourth-order valence-corrected chi connectivity index (χ4v) is 3.07. The van der Waals surface area contributed by atoms with Crippen molar-refractivity contribution in [3.05, 3.63) is 76.2 Å². The zero-order chi connectivity index (χ0) is 16.1. The first-order valence-corrected chi connectivity index (χ1v) is 8.23. The van der Waals surface area contributed by atoms with E-state index in [2.05, 4.69) is 10.1 Å². The largest absolute Gasteiger partial charge is 0.258 e. The van der Waals surface area contributed by atoms with Gasteiger partial charge in [0, 0.05) is 17.5 Å². The van der Waals surface area contributed by atoms with Crippen LogP contribution < -0.4 is 4.80 Å². The van der Waals surface area contributed by atoms with E-state index >= 15 is 0 Å². The van der Waals surface area contributed by atoms with Crippen LogP contribution in [0.3, 0.4) is 0 Å². The second-order valence-electron chi connectivity index (χ2n) is 4.82. The predicted molar refractivity (Wildman–Crippen MR) is 93.2 cm³/mol. The highest BCUT2D eigenvalue weighted by atomic mass is 32.1. The number of thiazole rings is 1. The number of halogens is 1. The molecule has 0 atom stereocenters. The molecule has 0 radical (unpaired) electrons. The van der Waals surface area contributed by atoms with Crippen LogP contribution in [-0.4, -0.2) is 17.4 Å². The van der Waals surface area contributed by atoms with Gasteiger partial charge in [-0.05, 0) is 24.6 Å². The minimum absolute atomic E-state index is 0.267. The number of hydrogen-bond donors (Lipinski definition) is 0. The van der Waals surface area contributed by atoms with Crippen LogP contribution in [0, 0.1) is 5.82 Å². The zero-order valence-electron chi connectivity index (χ0n) is 12.7. The lowest BCUT2D eigenvalue weighted by molar-refractivity contribution is 0.629. The van der Waals surface area contributed by atoms with E-state index in [9.17, 15) is 4.39 Å². The molecular weight excluding hydrogens is 309 g/mol. The third-order valence-electron chi connectivity index (χ3n) is 3.25. The van der Waals surface area contributed by atoms with E-state index < -0.39 is 0 Å². The summed E-state index contributed by atoms with van der Waals surface area (Å²) in [5.41, 5.74) is 2.20. The molecule has 3 aromatic rings. The Morgan fingerprint density at radius 1 is 1.09 bits per heavy atom. The molecule has 0 saturated carbocycles. The van der Waals surface area contributed by atoms with Gasteiger partial charge in [0.2, 0.25) is 4.80 Å². The summed E-state index contributed by atoms with van der Waals surface area (Å²) < 4.78 is 15.8. The molecule has 1 heterocycles. The van der Waals surface area contributed by atoms with Gasteiger partial charge in [0.15, 0.2) is 0 Å². The quantitative estimate of drug-likeness (QED) is 0.645. The number of rotatable bonds is 4. The Morgan fingerprint density at radius 3 is 2.57 bits per heavy atom. The van der Waals surface area contributed by atoms with E-state index in [-0.39, 0.29) is 5.82 Å². The fraction of sp³-hybridized carbons (Fsp3) is 0.111. The van der Waals surface area contributed by atoms with E-state index in [1.54, 1.807) is 23.0 Å². The van der Waals surface area contributed by atoms with Crippen LogP contribution in [0.15, 0.2) is 70.1 Å². The van der Waals surface area contributed by atoms with Crippen molar-refractivity contribution < 1.29 is 4.39 Å². The first-order valence-electron chi connectivity index (χ1n) is 7.35. The molecule has 23 heavy (non-hydrogen) atoms. The molecule has 0 fully saturated rings. The van der Waals surface area contributed by atoms with Gasteiger partial charge in [0.1, 0.15) is 5.82 Å². The van der Waals surface area contributed by atoms with Crippen molar-refractivity contribution in [1.82, 2.24) is 4.68 Å². The van der Waals surface area contributed by atoms with Crippen molar-refractivity contribution in [3.63, 3.8) is 0 Å². The molecule has 1 aromatic heterocycles. The lowest BCUT2D eigenvalue weighted by atomic mass is 10.1. The van der Waals surface area contributed by atoms with Gasteiger partial charge in [-0.25, -0.2) is 9.07 Å². The Balaban J connectivity index is 2.11. The monoisotopic (exact) mass is 325 g/mol. The van der Waals surface area contributed by atoms with E-state index in [1.807, 2.05) is 48.7 Å². The van der Waals surface area contributed by atoms with Crippen LogP contribution in [-0.2, 0) is 0 Å². The number of nitrogens with zero attached hydrogens (tertiary/aromatic N) is 3. The maximum atomic E-state index is 14.1. The molecular formula is C18H16FN3S. The predicted octanol–water partition coefficient (Wildman–Crippen LogP) is 4.16. The summed E-state index contributed by atoms with van der Waals surface area (Å²) in [7, 11) is 0. The van der Waals surface area contributed by atoms with Crippen LogP contribution in [0.4, 0.5) is 4.39 Å². The lowest BCUT2D eigenvalue weighted by Gasteiger charge is -2.04. The molecule has 0 saturated heterocycles. The Kier molecular flexibility index (Phi) is 4.78. The minimum Gasteiger partial charge on any atom is -0.258 e. The van der Waals surface area contributed by atoms with Crippen molar-refractivity contribution in [1.29, 1.82) is 0 Å². The zero-order valence-corrected chi connectivity index (χ0v) is 13.5. The molecule has 5 heteroatoms. The lowest BCUT2D eigenvalue weighted by Crippen LogP contribution is -2.12. The summed E-state index contributed by atoms with van der Waals surface area (Å²) in [6, 6.07) is 16.5. The molecule has 0 aliphatic carbocycles. The normalized spacial score (nSPS) is 12.2. The molecule has 0 amide bonds. The third-order valence-corrected chi connectivity index (χ3v) is 4.10. The van der Waals surface area contributed by atoms with Crippen molar-refractivity contribution in [2.45, 2.75) is 6.92 Å². The van der Waals surface area contributed by atoms with Gasteiger partial charge in [0.25, 0.3) is 0 Å².